The molecule has 1 aromatic heterocycles. The van der Waals surface area contributed by atoms with Crippen LogP contribution in [-0.4, -0.2) is 46.0 Å². The van der Waals surface area contributed by atoms with Gasteiger partial charge in [0.1, 0.15) is 5.82 Å². The van der Waals surface area contributed by atoms with Crippen LogP contribution in [0.15, 0.2) is 97.3 Å². The maximum absolute atomic E-state index is 13.5. The highest BCUT2D eigenvalue weighted by Gasteiger charge is 2.30. The van der Waals surface area contributed by atoms with Gasteiger partial charge in [-0.3, -0.25) is 4.79 Å². The van der Waals surface area contributed by atoms with E-state index < -0.39 is 0 Å². The third-order valence-electron chi connectivity index (χ3n) is 6.62. The topological polar surface area (TPSA) is 41.4 Å². The highest BCUT2D eigenvalue weighted by molar-refractivity contribution is 6.30. The van der Waals surface area contributed by atoms with Crippen molar-refractivity contribution in [2.75, 3.05) is 24.5 Å². The Balaban J connectivity index is 1.30. The van der Waals surface area contributed by atoms with E-state index in [1.165, 1.54) is 5.56 Å². The van der Waals surface area contributed by atoms with Crippen LogP contribution in [0.3, 0.4) is 0 Å². The van der Waals surface area contributed by atoms with Gasteiger partial charge in [-0.15, -0.1) is 0 Å². The lowest BCUT2D eigenvalue weighted by atomic mass is 10.0. The van der Waals surface area contributed by atoms with Crippen molar-refractivity contribution in [1.29, 1.82) is 0 Å². The number of halogens is 1. The van der Waals surface area contributed by atoms with Crippen LogP contribution in [0.2, 0.25) is 5.02 Å². The van der Waals surface area contributed by atoms with Gasteiger partial charge in [-0.25, -0.2) is 4.98 Å². The van der Waals surface area contributed by atoms with Gasteiger partial charge < -0.3 is 14.4 Å². The highest BCUT2D eigenvalue weighted by Crippen LogP contribution is 2.24. The Morgan fingerprint density at radius 3 is 2.37 bits per heavy atom. The number of carbonyl (C=O) groups excluding carboxylic acids is 1. The van der Waals surface area contributed by atoms with Gasteiger partial charge in [-0.05, 0) is 36.2 Å². The van der Waals surface area contributed by atoms with Gasteiger partial charge in [-0.2, -0.15) is 0 Å². The third-order valence-corrected chi connectivity index (χ3v) is 6.88. The van der Waals surface area contributed by atoms with Crippen molar-refractivity contribution in [1.82, 2.24) is 14.5 Å². The standard InChI is InChI=1S/C29H29ClN4O/c30-25-11-13-26(14-12-25)33-19-20-34(27(22-33)21-23-7-3-1-4-8-23)28(35)15-17-32-18-16-31-29(32)24-9-5-2-6-10-24/h1-14,16,18,27H,15,17,19-22H2. The molecular weight excluding hydrogens is 456 g/mol. The van der Waals surface area contributed by atoms with Crippen molar-refractivity contribution in [3.05, 3.63) is 108 Å². The van der Waals surface area contributed by atoms with Crippen LogP contribution in [0.1, 0.15) is 12.0 Å². The van der Waals surface area contributed by atoms with Gasteiger partial charge in [-0.1, -0.05) is 72.3 Å². The van der Waals surface area contributed by atoms with Crippen LogP contribution in [0.4, 0.5) is 5.69 Å². The van der Waals surface area contributed by atoms with Gasteiger partial charge in [0.15, 0.2) is 0 Å². The molecule has 1 amide bonds. The maximum atomic E-state index is 13.5. The van der Waals surface area contributed by atoms with Crippen molar-refractivity contribution >= 4 is 23.2 Å². The summed E-state index contributed by atoms with van der Waals surface area (Å²) in [6.07, 6.45) is 5.03. The second-order valence-corrected chi connectivity index (χ2v) is 9.35. The molecule has 0 spiro atoms. The number of aromatic nitrogens is 2. The zero-order chi connectivity index (χ0) is 24.0. The molecule has 0 saturated carbocycles. The zero-order valence-electron chi connectivity index (χ0n) is 19.6. The van der Waals surface area contributed by atoms with Crippen molar-refractivity contribution in [2.24, 2.45) is 0 Å². The Labute approximate surface area is 211 Å². The molecule has 1 aliphatic rings. The normalized spacial score (nSPS) is 15.9. The van der Waals surface area contributed by atoms with E-state index in [9.17, 15) is 4.79 Å². The van der Waals surface area contributed by atoms with Crippen LogP contribution in [0.25, 0.3) is 11.4 Å². The Hall–Kier alpha value is -3.57. The number of benzene rings is 3. The van der Waals surface area contributed by atoms with E-state index in [1.807, 2.05) is 54.7 Å². The lowest BCUT2D eigenvalue weighted by molar-refractivity contribution is -0.134. The van der Waals surface area contributed by atoms with E-state index in [1.54, 1.807) is 6.20 Å². The number of aryl methyl sites for hydroxylation is 1. The average molecular weight is 485 g/mol. The van der Waals surface area contributed by atoms with E-state index in [-0.39, 0.29) is 11.9 Å². The molecule has 5 nitrogen and oxygen atoms in total. The first kappa shape index (κ1) is 23.2. The van der Waals surface area contributed by atoms with Crippen molar-refractivity contribution in [2.45, 2.75) is 25.4 Å². The molecule has 0 N–H and O–H groups in total. The molecular formula is C29H29ClN4O. The van der Waals surface area contributed by atoms with Crippen LogP contribution in [0, 0.1) is 0 Å². The Kier molecular flexibility index (Phi) is 7.15. The molecule has 1 atom stereocenters. The van der Waals surface area contributed by atoms with Crippen LogP contribution in [0.5, 0.6) is 0 Å². The predicted molar refractivity (Wildman–Crippen MR) is 142 cm³/mol. The summed E-state index contributed by atoms with van der Waals surface area (Å²) < 4.78 is 2.07. The summed E-state index contributed by atoms with van der Waals surface area (Å²) in [5.41, 5.74) is 3.45. The summed E-state index contributed by atoms with van der Waals surface area (Å²) >= 11 is 6.10. The average Bonchev–Trinajstić information content (AvgIpc) is 3.38. The number of piperazine rings is 1. The Bertz CT molecular complexity index is 1240. The van der Waals surface area contributed by atoms with Gasteiger partial charge in [0.2, 0.25) is 5.91 Å². The molecule has 178 valence electrons. The van der Waals surface area contributed by atoms with E-state index in [4.69, 9.17) is 11.6 Å². The van der Waals surface area contributed by atoms with Gasteiger partial charge >= 0.3 is 0 Å². The Morgan fingerprint density at radius 1 is 0.914 bits per heavy atom. The van der Waals surface area contributed by atoms with Crippen LogP contribution < -0.4 is 4.90 Å². The molecule has 1 saturated heterocycles. The highest BCUT2D eigenvalue weighted by atomic mass is 35.5. The van der Waals surface area contributed by atoms with E-state index >= 15 is 0 Å². The first-order valence-corrected chi connectivity index (χ1v) is 12.5. The maximum Gasteiger partial charge on any atom is 0.224 e. The lowest BCUT2D eigenvalue weighted by Gasteiger charge is -2.43. The number of nitrogens with zero attached hydrogens (tertiary/aromatic N) is 4. The number of imidazole rings is 1. The lowest BCUT2D eigenvalue weighted by Crippen LogP contribution is -2.56. The van der Waals surface area contributed by atoms with E-state index in [0.29, 0.717) is 19.5 Å². The third kappa shape index (κ3) is 5.57. The molecule has 6 heteroatoms. The fraction of sp³-hybridized carbons (Fsp3) is 0.241. The van der Waals surface area contributed by atoms with Crippen molar-refractivity contribution < 1.29 is 4.79 Å². The second kappa shape index (κ2) is 10.8. The number of anilines is 1. The predicted octanol–water partition coefficient (Wildman–Crippen LogP) is 5.55. The molecule has 35 heavy (non-hydrogen) atoms. The van der Waals surface area contributed by atoms with Gasteiger partial charge in [0.25, 0.3) is 0 Å². The number of amides is 1. The number of hydrogen-bond donors (Lipinski definition) is 0. The summed E-state index contributed by atoms with van der Waals surface area (Å²) in [7, 11) is 0. The number of rotatable bonds is 7. The molecule has 1 fully saturated rings. The fourth-order valence-electron chi connectivity index (χ4n) is 4.83. The molecule has 0 bridgehead atoms. The molecule has 2 heterocycles. The molecule has 1 unspecified atom stereocenters. The van der Waals surface area contributed by atoms with Crippen LogP contribution in [-0.2, 0) is 17.8 Å². The quantitative estimate of drug-likeness (QED) is 0.345. The summed E-state index contributed by atoms with van der Waals surface area (Å²) in [5.74, 6) is 1.08. The molecule has 0 radical (unpaired) electrons. The van der Waals surface area contributed by atoms with E-state index in [2.05, 4.69) is 55.7 Å². The summed E-state index contributed by atoms with van der Waals surface area (Å²) in [6.45, 7) is 2.91. The van der Waals surface area contributed by atoms with Gasteiger partial charge in [0.05, 0.1) is 6.04 Å². The first-order valence-electron chi connectivity index (χ1n) is 12.1. The number of carbonyl (C=O) groups is 1. The van der Waals surface area contributed by atoms with Crippen molar-refractivity contribution in [3.63, 3.8) is 0 Å². The second-order valence-electron chi connectivity index (χ2n) is 8.91. The Morgan fingerprint density at radius 2 is 1.63 bits per heavy atom. The minimum absolute atomic E-state index is 0.103. The summed E-state index contributed by atoms with van der Waals surface area (Å²) in [4.78, 5) is 22.4. The fourth-order valence-corrected chi connectivity index (χ4v) is 4.95. The largest absolute Gasteiger partial charge is 0.368 e. The number of hydrogen-bond acceptors (Lipinski definition) is 3. The molecule has 0 aliphatic carbocycles. The smallest absolute Gasteiger partial charge is 0.224 e. The SMILES string of the molecule is O=C(CCn1ccnc1-c1ccccc1)N1CCN(c2ccc(Cl)cc2)CC1Cc1ccccc1. The summed E-state index contributed by atoms with van der Waals surface area (Å²) in [6, 6.07) is 28.6. The van der Waals surface area contributed by atoms with Gasteiger partial charge in [0, 0.05) is 61.3 Å². The zero-order valence-corrected chi connectivity index (χ0v) is 20.4. The minimum Gasteiger partial charge on any atom is -0.368 e. The van der Waals surface area contributed by atoms with Crippen LogP contribution >= 0.6 is 11.6 Å². The van der Waals surface area contributed by atoms with Crippen molar-refractivity contribution in [3.8, 4) is 11.4 Å². The summed E-state index contributed by atoms with van der Waals surface area (Å²) in [5, 5.41) is 0.734. The molecule has 3 aromatic carbocycles. The van der Waals surface area contributed by atoms with E-state index in [0.717, 1.165) is 41.6 Å². The molecule has 5 rings (SSSR count). The molecule has 4 aromatic rings. The first-order chi connectivity index (χ1) is 17.2. The minimum atomic E-state index is 0.103. The monoisotopic (exact) mass is 484 g/mol. The molecule has 1 aliphatic heterocycles.